The van der Waals surface area contributed by atoms with Crippen LogP contribution in [0.2, 0.25) is 0 Å². The second-order valence-electron chi connectivity index (χ2n) is 1.35. The van der Waals surface area contributed by atoms with Gasteiger partial charge in [0.1, 0.15) is 0 Å². The number of thiazole rings is 1. The van der Waals surface area contributed by atoms with E-state index in [1.165, 1.54) is 11.3 Å². The zero-order valence-electron chi connectivity index (χ0n) is 4.61. The Labute approximate surface area is 56.2 Å². The number of aliphatic imine (C=N–C) groups is 1. The van der Waals surface area contributed by atoms with Crippen molar-refractivity contribution >= 4 is 22.4 Å². The van der Waals surface area contributed by atoms with Crippen LogP contribution in [-0.4, -0.2) is 10.9 Å². The van der Waals surface area contributed by atoms with E-state index >= 15 is 0 Å². The topological polar surface area (TPSA) is 77.3 Å². The van der Waals surface area contributed by atoms with Crippen LogP contribution >= 0.6 is 11.3 Å². The Morgan fingerprint density at radius 2 is 2.44 bits per heavy atom. The quantitative estimate of drug-likeness (QED) is 0.429. The van der Waals surface area contributed by atoms with Gasteiger partial charge in [0.25, 0.3) is 0 Å². The summed E-state index contributed by atoms with van der Waals surface area (Å²) in [4.78, 5) is 7.53. The van der Waals surface area contributed by atoms with E-state index in [4.69, 9.17) is 11.5 Å². The smallest absolute Gasteiger partial charge is 0.212 e. The first kappa shape index (κ1) is 6.03. The van der Waals surface area contributed by atoms with Crippen LogP contribution in [0.1, 0.15) is 0 Å². The normalized spacial score (nSPS) is 8.89. The van der Waals surface area contributed by atoms with Crippen molar-refractivity contribution in [1.82, 2.24) is 4.98 Å². The van der Waals surface area contributed by atoms with Crippen molar-refractivity contribution in [2.24, 2.45) is 16.5 Å². The maximum atomic E-state index is 5.08. The third-order valence-corrected chi connectivity index (χ3v) is 1.31. The van der Waals surface area contributed by atoms with Crippen molar-refractivity contribution in [3.05, 3.63) is 11.6 Å². The third kappa shape index (κ3) is 1.69. The molecule has 0 radical (unpaired) electrons. The van der Waals surface area contributed by atoms with E-state index in [0.29, 0.717) is 5.13 Å². The summed E-state index contributed by atoms with van der Waals surface area (Å²) in [5.74, 6) is 0.0463. The maximum Gasteiger partial charge on any atom is 0.212 e. The van der Waals surface area contributed by atoms with Crippen LogP contribution in [0, 0.1) is 0 Å². The lowest BCUT2D eigenvalue weighted by Gasteiger charge is -1.84. The minimum absolute atomic E-state index is 0.0463. The molecule has 1 aromatic rings. The Hall–Kier alpha value is -1.10. The first-order chi connectivity index (χ1) is 4.29. The summed E-state index contributed by atoms with van der Waals surface area (Å²) in [5, 5.41) is 2.40. The number of nitrogens with zero attached hydrogens (tertiary/aromatic N) is 2. The van der Waals surface area contributed by atoms with Crippen LogP contribution in [0.3, 0.4) is 0 Å². The molecule has 0 aliphatic carbocycles. The van der Waals surface area contributed by atoms with Crippen molar-refractivity contribution in [2.75, 3.05) is 0 Å². The molecule has 48 valence electrons. The molecule has 0 bridgehead atoms. The van der Waals surface area contributed by atoms with Gasteiger partial charge in [0.15, 0.2) is 5.96 Å². The fraction of sp³-hybridized carbons (Fsp3) is 0. The second-order valence-corrected chi connectivity index (χ2v) is 2.22. The first-order valence-electron chi connectivity index (χ1n) is 2.28. The number of aromatic nitrogens is 1. The van der Waals surface area contributed by atoms with E-state index in [1.807, 2.05) is 5.38 Å². The number of hydrogen-bond donors (Lipinski definition) is 2. The highest BCUT2D eigenvalue weighted by molar-refractivity contribution is 7.13. The summed E-state index contributed by atoms with van der Waals surface area (Å²) >= 11 is 1.39. The molecule has 4 N–H and O–H groups in total. The van der Waals surface area contributed by atoms with Crippen LogP contribution < -0.4 is 11.5 Å². The molecule has 0 unspecified atom stereocenters. The highest BCUT2D eigenvalue weighted by Crippen LogP contribution is 2.13. The number of nitrogens with two attached hydrogens (primary N) is 2. The number of guanidine groups is 1. The van der Waals surface area contributed by atoms with Gasteiger partial charge in [-0.25, -0.2) is 4.98 Å². The lowest BCUT2D eigenvalue weighted by molar-refractivity contribution is 1.33. The van der Waals surface area contributed by atoms with Crippen molar-refractivity contribution in [3.8, 4) is 0 Å². The maximum absolute atomic E-state index is 5.08. The van der Waals surface area contributed by atoms with Crippen LogP contribution in [0.4, 0.5) is 5.13 Å². The summed E-state index contributed by atoms with van der Waals surface area (Å²) in [6, 6.07) is 0. The average Bonchev–Trinajstić information content (AvgIpc) is 2.15. The van der Waals surface area contributed by atoms with Gasteiger partial charge >= 0.3 is 0 Å². The average molecular weight is 142 g/mol. The molecule has 1 rings (SSSR count). The molecule has 0 aliphatic heterocycles. The standard InChI is InChI=1S/C4H6N4S/c5-3(6)8-4-7-1-2-9-4/h1-2H,(H4,5,6,7,8). The summed E-state index contributed by atoms with van der Waals surface area (Å²) < 4.78 is 0. The van der Waals surface area contributed by atoms with Crippen LogP contribution in [0.25, 0.3) is 0 Å². The predicted molar refractivity (Wildman–Crippen MR) is 37.6 cm³/mol. The van der Waals surface area contributed by atoms with Gasteiger partial charge in [0, 0.05) is 11.6 Å². The van der Waals surface area contributed by atoms with E-state index in [2.05, 4.69) is 9.98 Å². The molecular formula is C4H6N4S. The molecule has 0 aromatic carbocycles. The van der Waals surface area contributed by atoms with E-state index in [-0.39, 0.29) is 5.96 Å². The van der Waals surface area contributed by atoms with E-state index in [9.17, 15) is 0 Å². The minimum atomic E-state index is 0.0463. The molecule has 1 heterocycles. The summed E-state index contributed by atoms with van der Waals surface area (Å²) in [6.45, 7) is 0. The fourth-order valence-electron chi connectivity index (χ4n) is 0.382. The zero-order chi connectivity index (χ0) is 6.69. The molecule has 0 aliphatic rings. The molecule has 5 heteroatoms. The van der Waals surface area contributed by atoms with Crippen LogP contribution in [-0.2, 0) is 0 Å². The van der Waals surface area contributed by atoms with Gasteiger partial charge in [0.05, 0.1) is 0 Å². The lowest BCUT2D eigenvalue weighted by Crippen LogP contribution is -2.21. The Kier molecular flexibility index (Phi) is 1.64. The molecule has 1 aromatic heterocycles. The Balaban J connectivity index is 2.80. The lowest BCUT2D eigenvalue weighted by atomic mass is 11.0. The van der Waals surface area contributed by atoms with Gasteiger partial charge < -0.3 is 11.5 Å². The molecule has 9 heavy (non-hydrogen) atoms. The molecule has 4 nitrogen and oxygen atoms in total. The van der Waals surface area contributed by atoms with Crippen molar-refractivity contribution in [3.63, 3.8) is 0 Å². The monoisotopic (exact) mass is 142 g/mol. The van der Waals surface area contributed by atoms with Crippen molar-refractivity contribution in [1.29, 1.82) is 0 Å². The van der Waals surface area contributed by atoms with Gasteiger partial charge in [-0.2, -0.15) is 4.99 Å². The largest absolute Gasteiger partial charge is 0.370 e. The highest BCUT2D eigenvalue weighted by atomic mass is 32.1. The van der Waals surface area contributed by atoms with Crippen molar-refractivity contribution < 1.29 is 0 Å². The number of rotatable bonds is 1. The van der Waals surface area contributed by atoms with Gasteiger partial charge in [-0.1, -0.05) is 0 Å². The van der Waals surface area contributed by atoms with Crippen LogP contribution in [0.15, 0.2) is 16.6 Å². The molecule has 0 saturated heterocycles. The van der Waals surface area contributed by atoms with Crippen LogP contribution in [0.5, 0.6) is 0 Å². The fourth-order valence-corrected chi connectivity index (χ4v) is 0.905. The van der Waals surface area contributed by atoms with E-state index in [1.54, 1.807) is 6.20 Å². The van der Waals surface area contributed by atoms with Crippen molar-refractivity contribution in [2.45, 2.75) is 0 Å². The minimum Gasteiger partial charge on any atom is -0.370 e. The summed E-state index contributed by atoms with van der Waals surface area (Å²) in [7, 11) is 0. The molecule has 0 amide bonds. The summed E-state index contributed by atoms with van der Waals surface area (Å²) in [5.41, 5.74) is 10.2. The number of hydrogen-bond acceptors (Lipinski definition) is 3. The molecule has 0 atom stereocenters. The van der Waals surface area contributed by atoms with Gasteiger partial charge in [0.2, 0.25) is 5.13 Å². The highest BCUT2D eigenvalue weighted by Gasteiger charge is 1.88. The van der Waals surface area contributed by atoms with E-state index < -0.39 is 0 Å². The zero-order valence-corrected chi connectivity index (χ0v) is 5.43. The van der Waals surface area contributed by atoms with Gasteiger partial charge in [-0.05, 0) is 0 Å². The molecule has 0 spiro atoms. The molecule has 0 saturated carbocycles. The second kappa shape index (κ2) is 2.45. The van der Waals surface area contributed by atoms with E-state index in [0.717, 1.165) is 0 Å². The summed E-state index contributed by atoms with van der Waals surface area (Å²) in [6.07, 6.45) is 1.65. The molecule has 0 fully saturated rings. The van der Waals surface area contributed by atoms with Gasteiger partial charge in [-0.3, -0.25) is 0 Å². The Bertz CT molecular complexity index is 198. The SMILES string of the molecule is NC(N)=Nc1nccs1. The van der Waals surface area contributed by atoms with Gasteiger partial charge in [-0.15, -0.1) is 11.3 Å². The predicted octanol–water partition coefficient (Wildman–Crippen LogP) is 0.0480. The third-order valence-electron chi connectivity index (χ3n) is 0.644. The Morgan fingerprint density at radius 1 is 1.67 bits per heavy atom. The molecular weight excluding hydrogens is 136 g/mol. The Morgan fingerprint density at radius 3 is 2.89 bits per heavy atom. The first-order valence-corrected chi connectivity index (χ1v) is 3.16.